The van der Waals surface area contributed by atoms with Gasteiger partial charge >= 0.3 is 5.97 Å². The molecule has 4 rings (SSSR count). The molecule has 0 fully saturated rings. The number of carboxylic acid groups (broad SMARTS) is 1. The summed E-state index contributed by atoms with van der Waals surface area (Å²) in [5.41, 5.74) is 3.56. The van der Waals surface area contributed by atoms with E-state index in [0.717, 1.165) is 16.7 Å². The summed E-state index contributed by atoms with van der Waals surface area (Å²) in [7, 11) is 0. The Labute approximate surface area is 202 Å². The number of ether oxygens (including phenoxy) is 2. The number of H-pyrrole nitrogens is 2. The summed E-state index contributed by atoms with van der Waals surface area (Å²) < 4.78 is 11.8. The zero-order chi connectivity index (χ0) is 25.1. The second-order valence-electron chi connectivity index (χ2n) is 8.59. The maximum atomic E-state index is 12.4. The van der Waals surface area contributed by atoms with Gasteiger partial charge in [0.2, 0.25) is 0 Å². The van der Waals surface area contributed by atoms with Gasteiger partial charge in [-0.25, -0.2) is 9.97 Å². The fourth-order valence-corrected chi connectivity index (χ4v) is 3.85. The zero-order valence-corrected chi connectivity index (χ0v) is 20.1. The second-order valence-corrected chi connectivity index (χ2v) is 8.59. The number of aromatic amines is 2. The van der Waals surface area contributed by atoms with E-state index in [4.69, 9.17) is 9.47 Å². The minimum atomic E-state index is -0.857. The van der Waals surface area contributed by atoms with Crippen LogP contribution in [0.1, 0.15) is 33.3 Å². The van der Waals surface area contributed by atoms with Crippen molar-refractivity contribution in [2.24, 2.45) is 5.92 Å². The van der Waals surface area contributed by atoms with Gasteiger partial charge in [-0.15, -0.1) is 0 Å². The molecule has 35 heavy (non-hydrogen) atoms. The van der Waals surface area contributed by atoms with E-state index >= 15 is 0 Å². The lowest BCUT2D eigenvalue weighted by molar-refractivity contribution is -0.141. The number of carboxylic acids is 1. The van der Waals surface area contributed by atoms with Gasteiger partial charge in [0, 0.05) is 0 Å². The number of benzene rings is 2. The normalized spacial score (nSPS) is 12.1. The topological polar surface area (TPSA) is 130 Å². The summed E-state index contributed by atoms with van der Waals surface area (Å²) in [6, 6.07) is 11.4. The van der Waals surface area contributed by atoms with E-state index in [0.29, 0.717) is 47.1 Å². The molecule has 0 spiro atoms. The molecule has 0 amide bonds. The first-order valence-electron chi connectivity index (χ1n) is 11.5. The van der Waals surface area contributed by atoms with Crippen LogP contribution in [0.4, 0.5) is 0 Å². The number of hydrogen-bond donors (Lipinski definition) is 3. The average molecular weight is 477 g/mol. The van der Waals surface area contributed by atoms with Crippen molar-refractivity contribution in [3.05, 3.63) is 58.6 Å². The summed E-state index contributed by atoms with van der Waals surface area (Å²) in [6.07, 6.45) is 1.74. The monoisotopic (exact) mass is 476 g/mol. The molecule has 9 heteroatoms. The molecule has 182 valence electrons. The molecule has 0 aliphatic rings. The molecule has 2 aromatic carbocycles. The highest BCUT2D eigenvalue weighted by Gasteiger charge is 2.18. The van der Waals surface area contributed by atoms with Crippen molar-refractivity contribution in [1.82, 2.24) is 19.9 Å². The first kappa shape index (κ1) is 24.0. The third kappa shape index (κ3) is 5.18. The maximum Gasteiger partial charge on any atom is 0.306 e. The number of fused-ring (bicyclic) bond motifs is 1. The van der Waals surface area contributed by atoms with Gasteiger partial charge in [0.15, 0.2) is 11.2 Å². The Morgan fingerprint density at radius 3 is 2.54 bits per heavy atom. The predicted octanol–water partition coefficient (Wildman–Crippen LogP) is 4.43. The van der Waals surface area contributed by atoms with Gasteiger partial charge in [0.25, 0.3) is 5.56 Å². The van der Waals surface area contributed by atoms with E-state index in [2.05, 4.69) is 19.9 Å². The van der Waals surface area contributed by atoms with Crippen molar-refractivity contribution in [3.63, 3.8) is 0 Å². The van der Waals surface area contributed by atoms with Crippen LogP contribution in [0.15, 0.2) is 47.5 Å². The smallest absolute Gasteiger partial charge is 0.306 e. The van der Waals surface area contributed by atoms with Crippen LogP contribution >= 0.6 is 0 Å². The Kier molecular flexibility index (Phi) is 6.86. The highest BCUT2D eigenvalue weighted by molar-refractivity contribution is 5.77. The van der Waals surface area contributed by atoms with Crippen molar-refractivity contribution < 1.29 is 19.4 Å². The van der Waals surface area contributed by atoms with Crippen LogP contribution in [0, 0.1) is 5.92 Å². The van der Waals surface area contributed by atoms with Gasteiger partial charge in [-0.05, 0) is 68.1 Å². The minimum absolute atomic E-state index is 0.0370. The quantitative estimate of drug-likeness (QED) is 0.326. The predicted molar refractivity (Wildman–Crippen MR) is 133 cm³/mol. The number of hydrogen-bond acceptors (Lipinski definition) is 6. The van der Waals surface area contributed by atoms with Gasteiger partial charge in [0.05, 0.1) is 30.5 Å². The van der Waals surface area contributed by atoms with Crippen LogP contribution in [0.5, 0.6) is 11.5 Å². The third-order valence-corrected chi connectivity index (χ3v) is 5.54. The Hall–Kier alpha value is -4.14. The van der Waals surface area contributed by atoms with Crippen molar-refractivity contribution in [2.45, 2.75) is 40.2 Å². The number of nitrogens with one attached hydrogen (secondary N) is 2. The first-order chi connectivity index (χ1) is 16.8. The molecule has 2 heterocycles. The number of carbonyl (C=O) groups is 1. The van der Waals surface area contributed by atoms with Crippen LogP contribution in [0.25, 0.3) is 33.7 Å². The highest BCUT2D eigenvalue weighted by Crippen LogP contribution is 2.35. The van der Waals surface area contributed by atoms with E-state index in [9.17, 15) is 14.7 Å². The van der Waals surface area contributed by atoms with Crippen LogP contribution in [-0.4, -0.2) is 43.7 Å². The number of rotatable bonds is 9. The molecule has 0 saturated heterocycles. The molecule has 0 bridgehead atoms. The van der Waals surface area contributed by atoms with E-state index in [1.807, 2.05) is 57.2 Å². The lowest BCUT2D eigenvalue weighted by Crippen LogP contribution is -2.14. The van der Waals surface area contributed by atoms with E-state index in [1.165, 1.54) is 6.33 Å². The number of nitrogens with zero attached hydrogens (tertiary/aromatic N) is 2. The molecule has 1 unspecified atom stereocenters. The minimum Gasteiger partial charge on any atom is -0.493 e. The van der Waals surface area contributed by atoms with Crippen LogP contribution in [0.3, 0.4) is 0 Å². The summed E-state index contributed by atoms with van der Waals surface area (Å²) in [5, 5.41) is 9.41. The van der Waals surface area contributed by atoms with Crippen molar-refractivity contribution in [2.75, 3.05) is 6.61 Å². The zero-order valence-electron chi connectivity index (χ0n) is 20.1. The second kappa shape index (κ2) is 10.0. The molecule has 0 aliphatic carbocycles. The van der Waals surface area contributed by atoms with Gasteiger partial charge in [-0.1, -0.05) is 19.1 Å². The standard InChI is InChI=1S/C26H28N4O5/c1-5-34-21-12-17(6-8-19(21)23-29-24-22(25(31)30-23)27-13-28-24)16-7-9-20(35-14(2)3)18(11-16)10-15(4)26(32)33/h6-9,11-15H,5,10H2,1-4H3,(H,32,33)(H2,27,28,29,30,31). The first-order valence-corrected chi connectivity index (χ1v) is 11.5. The molecule has 4 aromatic rings. The van der Waals surface area contributed by atoms with Crippen molar-refractivity contribution in [3.8, 4) is 34.0 Å². The number of aliphatic carboxylic acids is 1. The Morgan fingerprint density at radius 1 is 1.09 bits per heavy atom. The Balaban J connectivity index is 1.77. The molecular weight excluding hydrogens is 448 g/mol. The molecule has 0 saturated carbocycles. The average Bonchev–Trinajstić information content (AvgIpc) is 3.29. The van der Waals surface area contributed by atoms with Gasteiger partial charge < -0.3 is 24.5 Å². The van der Waals surface area contributed by atoms with Crippen LogP contribution in [-0.2, 0) is 11.2 Å². The SMILES string of the molecule is CCOc1cc(-c2ccc(OC(C)C)c(CC(C)C(=O)O)c2)ccc1-c1nc2nc[nH]c2c(=O)[nH]1. The molecule has 0 radical (unpaired) electrons. The van der Waals surface area contributed by atoms with Crippen LogP contribution < -0.4 is 15.0 Å². The van der Waals surface area contributed by atoms with Crippen molar-refractivity contribution >= 4 is 17.1 Å². The maximum absolute atomic E-state index is 12.4. The largest absolute Gasteiger partial charge is 0.493 e. The van der Waals surface area contributed by atoms with E-state index in [-0.39, 0.29) is 11.7 Å². The Bertz CT molecular complexity index is 1420. The van der Waals surface area contributed by atoms with E-state index in [1.54, 1.807) is 6.92 Å². The summed E-state index contributed by atoms with van der Waals surface area (Å²) in [6.45, 7) is 7.86. The van der Waals surface area contributed by atoms with Gasteiger partial charge in [-0.2, -0.15) is 0 Å². The summed E-state index contributed by atoms with van der Waals surface area (Å²) >= 11 is 0. The molecule has 2 aromatic heterocycles. The summed E-state index contributed by atoms with van der Waals surface area (Å²) in [5.74, 6) is 0.185. The van der Waals surface area contributed by atoms with E-state index < -0.39 is 11.9 Å². The lowest BCUT2D eigenvalue weighted by Gasteiger charge is -2.18. The fourth-order valence-electron chi connectivity index (χ4n) is 3.85. The number of aromatic nitrogens is 4. The molecule has 0 aliphatic heterocycles. The van der Waals surface area contributed by atoms with Crippen LogP contribution in [0.2, 0.25) is 0 Å². The molecule has 1 atom stereocenters. The highest BCUT2D eigenvalue weighted by atomic mass is 16.5. The lowest BCUT2D eigenvalue weighted by atomic mass is 9.95. The van der Waals surface area contributed by atoms with Gasteiger partial charge in [0.1, 0.15) is 17.3 Å². The molecule has 3 N–H and O–H groups in total. The third-order valence-electron chi connectivity index (χ3n) is 5.54. The molecular formula is C26H28N4O5. The molecule has 9 nitrogen and oxygen atoms in total. The number of imidazole rings is 1. The van der Waals surface area contributed by atoms with Gasteiger partial charge in [-0.3, -0.25) is 9.59 Å². The summed E-state index contributed by atoms with van der Waals surface area (Å²) in [4.78, 5) is 38.0. The fraction of sp³-hybridized carbons (Fsp3) is 0.308. The Morgan fingerprint density at radius 2 is 1.83 bits per heavy atom. The van der Waals surface area contributed by atoms with Crippen molar-refractivity contribution in [1.29, 1.82) is 0 Å².